The molecule has 0 aromatic heterocycles. The first-order valence-electron chi connectivity index (χ1n) is 11.9. The van der Waals surface area contributed by atoms with Crippen molar-refractivity contribution in [2.45, 2.75) is 44.2 Å². The van der Waals surface area contributed by atoms with E-state index in [0.29, 0.717) is 32.7 Å². The van der Waals surface area contributed by atoms with E-state index in [9.17, 15) is 18.0 Å². The highest BCUT2D eigenvalue weighted by atomic mass is 32.2. The molecule has 0 saturated carbocycles. The molecule has 8 nitrogen and oxygen atoms in total. The van der Waals surface area contributed by atoms with Crippen LogP contribution in [0.4, 0.5) is 0 Å². The molecule has 35 heavy (non-hydrogen) atoms. The fourth-order valence-electron chi connectivity index (χ4n) is 4.82. The van der Waals surface area contributed by atoms with Gasteiger partial charge in [-0.05, 0) is 38.5 Å². The summed E-state index contributed by atoms with van der Waals surface area (Å²) in [6.07, 6.45) is 0.303. The number of fused-ring (bicyclic) bond motifs is 2. The summed E-state index contributed by atoms with van der Waals surface area (Å²) in [6, 6.07) is 13.4. The fraction of sp³-hybridized carbons (Fsp3) is 0.462. The van der Waals surface area contributed by atoms with Gasteiger partial charge in [0.1, 0.15) is 0 Å². The molecule has 9 heteroatoms. The van der Waals surface area contributed by atoms with Crippen LogP contribution in [0.2, 0.25) is 0 Å². The fourth-order valence-corrected chi connectivity index (χ4v) is 6.02. The number of likely N-dealkylation sites (tertiary alicyclic amines) is 1. The number of carbonyl (C=O) groups is 2. The van der Waals surface area contributed by atoms with Crippen LogP contribution in [-0.4, -0.2) is 63.5 Å². The van der Waals surface area contributed by atoms with Crippen LogP contribution < -0.4 is 10.0 Å². The maximum absolute atomic E-state index is 13.2. The standard InChI is InChI=1S/C26H33N3O5S/c1-17-4-8-20(9-5-17)12-24(30)27-25-21-13-29(14-22(25)16-34-15-21)26(31)19(3)28-35(32,33)23-10-6-18(2)7-11-23/h4-11,19,21-22,25,28H,12-16H2,1-3H3,(H,27,30)/t19-,21-,22+,25?/m0/s1. The van der Waals surface area contributed by atoms with Crippen molar-refractivity contribution in [3.05, 3.63) is 65.2 Å². The molecule has 2 saturated heterocycles. The molecule has 0 radical (unpaired) electrons. The van der Waals surface area contributed by atoms with Crippen molar-refractivity contribution in [2.24, 2.45) is 11.8 Å². The van der Waals surface area contributed by atoms with Gasteiger partial charge in [0.05, 0.1) is 30.6 Å². The summed E-state index contributed by atoms with van der Waals surface area (Å²) < 4.78 is 33.7. The summed E-state index contributed by atoms with van der Waals surface area (Å²) in [5, 5.41) is 3.17. The molecular weight excluding hydrogens is 466 g/mol. The second kappa shape index (κ2) is 10.5. The second-order valence-electron chi connectivity index (χ2n) is 9.71. The lowest BCUT2D eigenvalue weighted by molar-refractivity contribution is -0.143. The summed E-state index contributed by atoms with van der Waals surface area (Å²) in [7, 11) is -3.82. The van der Waals surface area contributed by atoms with Gasteiger partial charge in [0.25, 0.3) is 0 Å². The zero-order valence-electron chi connectivity index (χ0n) is 20.4. The van der Waals surface area contributed by atoms with Gasteiger partial charge in [-0.15, -0.1) is 0 Å². The Labute approximate surface area is 207 Å². The first-order valence-corrected chi connectivity index (χ1v) is 13.4. The Morgan fingerprint density at radius 1 is 0.971 bits per heavy atom. The van der Waals surface area contributed by atoms with Gasteiger partial charge in [0.2, 0.25) is 21.8 Å². The second-order valence-corrected chi connectivity index (χ2v) is 11.4. The van der Waals surface area contributed by atoms with Gasteiger partial charge in [-0.3, -0.25) is 9.59 Å². The number of sulfonamides is 1. The van der Waals surface area contributed by atoms with Crippen molar-refractivity contribution in [1.82, 2.24) is 14.9 Å². The van der Waals surface area contributed by atoms with Crippen molar-refractivity contribution in [3.8, 4) is 0 Å². The predicted octanol–water partition coefficient (Wildman–Crippen LogP) is 1.80. The smallest absolute Gasteiger partial charge is 0.241 e. The molecular formula is C26H33N3O5S. The van der Waals surface area contributed by atoms with Crippen LogP contribution in [0, 0.1) is 25.7 Å². The third kappa shape index (κ3) is 6.09. The van der Waals surface area contributed by atoms with Gasteiger partial charge < -0.3 is 15.0 Å². The number of piperidine rings is 1. The monoisotopic (exact) mass is 499 g/mol. The van der Waals surface area contributed by atoms with Crippen LogP contribution in [0.1, 0.15) is 23.6 Å². The molecule has 0 spiro atoms. The minimum absolute atomic E-state index is 0.0465. The van der Waals surface area contributed by atoms with Crippen molar-refractivity contribution >= 4 is 21.8 Å². The van der Waals surface area contributed by atoms with E-state index in [1.807, 2.05) is 38.1 Å². The molecule has 1 unspecified atom stereocenters. The molecule has 188 valence electrons. The Balaban J connectivity index is 1.37. The van der Waals surface area contributed by atoms with Crippen molar-refractivity contribution in [2.75, 3.05) is 26.3 Å². The van der Waals surface area contributed by atoms with Crippen LogP contribution in [0.25, 0.3) is 0 Å². The summed E-state index contributed by atoms with van der Waals surface area (Å²) >= 11 is 0. The van der Waals surface area contributed by atoms with E-state index in [0.717, 1.165) is 16.7 Å². The summed E-state index contributed by atoms with van der Waals surface area (Å²) in [4.78, 5) is 27.7. The molecule has 0 aliphatic carbocycles. The van der Waals surface area contributed by atoms with Gasteiger partial charge in [0, 0.05) is 31.0 Å². The molecule has 2 aromatic carbocycles. The highest BCUT2D eigenvalue weighted by molar-refractivity contribution is 7.89. The normalized spacial score (nSPS) is 22.9. The first-order chi connectivity index (χ1) is 16.6. The lowest BCUT2D eigenvalue weighted by Gasteiger charge is -2.47. The van der Waals surface area contributed by atoms with E-state index in [1.54, 1.807) is 24.0 Å². The number of carbonyl (C=O) groups excluding carboxylic acids is 2. The van der Waals surface area contributed by atoms with E-state index in [2.05, 4.69) is 10.0 Å². The quantitative estimate of drug-likeness (QED) is 0.605. The summed E-state index contributed by atoms with van der Waals surface area (Å²) in [5.41, 5.74) is 3.06. The third-order valence-corrected chi connectivity index (χ3v) is 8.30. The van der Waals surface area contributed by atoms with Gasteiger partial charge in [-0.2, -0.15) is 4.72 Å². The van der Waals surface area contributed by atoms with Crippen LogP contribution in [-0.2, 0) is 30.8 Å². The largest absolute Gasteiger partial charge is 0.381 e. The Bertz CT molecular complexity index is 1150. The Morgan fingerprint density at radius 2 is 1.51 bits per heavy atom. The van der Waals surface area contributed by atoms with E-state index >= 15 is 0 Å². The van der Waals surface area contributed by atoms with Crippen LogP contribution in [0.3, 0.4) is 0 Å². The molecule has 4 rings (SSSR count). The molecule has 2 N–H and O–H groups in total. The van der Waals surface area contributed by atoms with Gasteiger partial charge in [-0.1, -0.05) is 47.5 Å². The average molecular weight is 500 g/mol. The van der Waals surface area contributed by atoms with Gasteiger partial charge in [-0.25, -0.2) is 8.42 Å². The minimum atomic E-state index is -3.82. The number of rotatable bonds is 7. The van der Waals surface area contributed by atoms with E-state index < -0.39 is 16.1 Å². The minimum Gasteiger partial charge on any atom is -0.381 e. The molecule has 2 aliphatic heterocycles. The molecule has 2 aromatic rings. The van der Waals surface area contributed by atoms with Crippen LogP contribution in [0.5, 0.6) is 0 Å². The zero-order chi connectivity index (χ0) is 25.2. The number of nitrogens with one attached hydrogen (secondary N) is 2. The molecule has 2 bridgehead atoms. The number of benzene rings is 2. The van der Waals surface area contributed by atoms with Gasteiger partial charge >= 0.3 is 0 Å². The molecule has 2 fully saturated rings. The van der Waals surface area contributed by atoms with Crippen LogP contribution >= 0.6 is 0 Å². The highest BCUT2D eigenvalue weighted by Crippen LogP contribution is 2.28. The SMILES string of the molecule is Cc1ccc(CC(=O)NC2[C@@H]3COC[C@H]2CN(C(=O)[C@H](C)NS(=O)(=O)c2ccc(C)cc2)C3)cc1. The maximum atomic E-state index is 13.2. The number of amides is 2. The molecule has 2 amide bonds. The maximum Gasteiger partial charge on any atom is 0.241 e. The Kier molecular flexibility index (Phi) is 7.59. The zero-order valence-corrected chi connectivity index (χ0v) is 21.2. The Hall–Kier alpha value is -2.75. The lowest BCUT2D eigenvalue weighted by Crippen LogP contribution is -2.63. The number of nitrogens with zero attached hydrogens (tertiary/aromatic N) is 1. The summed E-state index contributed by atoms with van der Waals surface area (Å²) in [5.74, 6) is -0.416. The van der Waals surface area contributed by atoms with Gasteiger partial charge in [0.15, 0.2) is 0 Å². The molecule has 2 aliphatic rings. The van der Waals surface area contributed by atoms with E-state index in [-0.39, 0.29) is 34.6 Å². The molecule has 2 heterocycles. The number of aryl methyl sites for hydroxylation is 2. The number of ether oxygens (including phenoxy) is 1. The van der Waals surface area contributed by atoms with E-state index in [4.69, 9.17) is 4.74 Å². The average Bonchev–Trinajstić information content (AvgIpc) is 2.80. The highest BCUT2D eigenvalue weighted by Gasteiger charge is 2.43. The first kappa shape index (κ1) is 25.3. The van der Waals surface area contributed by atoms with Crippen molar-refractivity contribution in [3.63, 3.8) is 0 Å². The predicted molar refractivity (Wildman–Crippen MR) is 132 cm³/mol. The lowest BCUT2D eigenvalue weighted by atomic mass is 9.82. The third-order valence-electron chi connectivity index (χ3n) is 6.75. The van der Waals surface area contributed by atoms with Crippen molar-refractivity contribution in [1.29, 1.82) is 0 Å². The number of hydrogen-bond acceptors (Lipinski definition) is 5. The van der Waals surface area contributed by atoms with E-state index in [1.165, 1.54) is 12.1 Å². The Morgan fingerprint density at radius 3 is 2.09 bits per heavy atom. The van der Waals surface area contributed by atoms with Crippen LogP contribution in [0.15, 0.2) is 53.4 Å². The molecule has 4 atom stereocenters. The number of hydrogen-bond donors (Lipinski definition) is 2. The summed E-state index contributed by atoms with van der Waals surface area (Å²) in [6.45, 7) is 7.15. The van der Waals surface area contributed by atoms with Crippen molar-refractivity contribution < 1.29 is 22.7 Å². The topological polar surface area (TPSA) is 105 Å².